The summed E-state index contributed by atoms with van der Waals surface area (Å²) in [6.45, 7) is 0. The standard InChI is InChI=1S/C23H17ClN2O3/c1-28-18-9-4-6-15(12-18)21-14-25-23(29-21)20-11-3-2-10-19(20)22(27)26-17-8-5-7-16(24)13-17/h2-14H,1H3,(H,26,27). The fourth-order valence-electron chi connectivity index (χ4n) is 2.94. The number of carbonyl (C=O) groups is 1. The minimum absolute atomic E-state index is 0.274. The van der Waals surface area contributed by atoms with E-state index in [1.807, 2.05) is 30.3 Å². The number of hydrogen-bond donors (Lipinski definition) is 1. The van der Waals surface area contributed by atoms with Gasteiger partial charge in [0.25, 0.3) is 5.91 Å². The maximum atomic E-state index is 12.8. The summed E-state index contributed by atoms with van der Waals surface area (Å²) in [6.07, 6.45) is 1.63. The highest BCUT2D eigenvalue weighted by Gasteiger charge is 2.17. The number of halogens is 1. The first-order chi connectivity index (χ1) is 14.1. The van der Waals surface area contributed by atoms with E-state index in [2.05, 4.69) is 10.3 Å². The quantitative estimate of drug-likeness (QED) is 0.448. The predicted octanol–water partition coefficient (Wildman–Crippen LogP) is 5.92. The molecule has 29 heavy (non-hydrogen) atoms. The van der Waals surface area contributed by atoms with E-state index in [-0.39, 0.29) is 5.91 Å². The molecule has 0 spiro atoms. The van der Waals surface area contributed by atoms with Gasteiger partial charge in [-0.2, -0.15) is 0 Å². The Bertz CT molecular complexity index is 1170. The van der Waals surface area contributed by atoms with Gasteiger partial charge in [0, 0.05) is 21.8 Å². The van der Waals surface area contributed by atoms with Crippen molar-refractivity contribution in [1.29, 1.82) is 0 Å². The molecule has 4 aromatic rings. The van der Waals surface area contributed by atoms with E-state index in [1.54, 1.807) is 55.8 Å². The maximum Gasteiger partial charge on any atom is 0.256 e. The summed E-state index contributed by atoms with van der Waals surface area (Å²) >= 11 is 6.00. The van der Waals surface area contributed by atoms with Gasteiger partial charge in [0.15, 0.2) is 5.76 Å². The van der Waals surface area contributed by atoms with Gasteiger partial charge >= 0.3 is 0 Å². The number of methoxy groups -OCH3 is 1. The Kier molecular flexibility index (Phi) is 5.31. The Labute approximate surface area is 172 Å². The third kappa shape index (κ3) is 4.15. The van der Waals surface area contributed by atoms with Gasteiger partial charge in [-0.1, -0.05) is 41.9 Å². The lowest BCUT2D eigenvalue weighted by molar-refractivity contribution is 0.102. The molecule has 144 valence electrons. The van der Waals surface area contributed by atoms with Crippen LogP contribution in [0.1, 0.15) is 10.4 Å². The molecule has 0 radical (unpaired) electrons. The van der Waals surface area contributed by atoms with Gasteiger partial charge in [0.2, 0.25) is 5.89 Å². The van der Waals surface area contributed by atoms with Crippen molar-refractivity contribution in [3.63, 3.8) is 0 Å². The number of hydrogen-bond acceptors (Lipinski definition) is 4. The van der Waals surface area contributed by atoms with E-state index < -0.39 is 0 Å². The molecular weight excluding hydrogens is 388 g/mol. The zero-order valence-corrected chi connectivity index (χ0v) is 16.3. The summed E-state index contributed by atoms with van der Waals surface area (Å²) in [7, 11) is 1.61. The van der Waals surface area contributed by atoms with Crippen LogP contribution >= 0.6 is 11.6 Å². The van der Waals surface area contributed by atoms with E-state index in [4.69, 9.17) is 20.8 Å². The molecule has 0 unspecified atom stereocenters. The Balaban J connectivity index is 1.65. The van der Waals surface area contributed by atoms with Crippen LogP contribution < -0.4 is 10.1 Å². The number of benzene rings is 3. The lowest BCUT2D eigenvalue weighted by atomic mass is 10.1. The van der Waals surface area contributed by atoms with Crippen LogP contribution in [0.5, 0.6) is 5.75 Å². The minimum Gasteiger partial charge on any atom is -0.497 e. The SMILES string of the molecule is COc1cccc(-c2cnc(-c3ccccc3C(=O)Nc3cccc(Cl)c3)o2)c1. The van der Waals surface area contributed by atoms with E-state index in [9.17, 15) is 4.79 Å². The molecular formula is C23H17ClN2O3. The van der Waals surface area contributed by atoms with Crippen molar-refractivity contribution >= 4 is 23.2 Å². The summed E-state index contributed by atoms with van der Waals surface area (Å²) in [6, 6.07) is 21.6. The molecule has 6 heteroatoms. The highest BCUT2D eigenvalue weighted by Crippen LogP contribution is 2.30. The number of amides is 1. The van der Waals surface area contributed by atoms with Gasteiger partial charge in [-0.25, -0.2) is 4.98 Å². The number of carbonyl (C=O) groups excluding carboxylic acids is 1. The zero-order chi connectivity index (χ0) is 20.2. The average Bonchev–Trinajstić information content (AvgIpc) is 3.24. The van der Waals surface area contributed by atoms with Crippen molar-refractivity contribution < 1.29 is 13.9 Å². The Morgan fingerprint density at radius 3 is 2.69 bits per heavy atom. The van der Waals surface area contributed by atoms with Gasteiger partial charge in [-0.05, 0) is 42.5 Å². The number of aromatic nitrogens is 1. The lowest BCUT2D eigenvalue weighted by Gasteiger charge is -2.08. The van der Waals surface area contributed by atoms with Crippen molar-refractivity contribution in [2.75, 3.05) is 12.4 Å². The Morgan fingerprint density at radius 2 is 1.86 bits per heavy atom. The monoisotopic (exact) mass is 404 g/mol. The van der Waals surface area contributed by atoms with Crippen molar-refractivity contribution in [3.8, 4) is 28.5 Å². The molecule has 0 saturated carbocycles. The second-order valence-electron chi connectivity index (χ2n) is 6.27. The van der Waals surface area contributed by atoms with Crippen LogP contribution in [-0.2, 0) is 0 Å². The van der Waals surface area contributed by atoms with Crippen LogP contribution in [0.2, 0.25) is 5.02 Å². The Morgan fingerprint density at radius 1 is 1.03 bits per heavy atom. The molecule has 1 amide bonds. The first-order valence-electron chi connectivity index (χ1n) is 8.90. The number of nitrogens with one attached hydrogen (secondary N) is 1. The molecule has 0 aliphatic heterocycles. The molecule has 0 saturated heterocycles. The van der Waals surface area contributed by atoms with E-state index in [0.717, 1.165) is 11.3 Å². The van der Waals surface area contributed by atoms with Crippen LogP contribution in [0, 0.1) is 0 Å². The van der Waals surface area contributed by atoms with Gasteiger partial charge in [-0.3, -0.25) is 4.79 Å². The molecule has 5 nitrogen and oxygen atoms in total. The van der Waals surface area contributed by atoms with Crippen LogP contribution in [0.25, 0.3) is 22.8 Å². The van der Waals surface area contributed by atoms with Crippen molar-refractivity contribution in [2.24, 2.45) is 0 Å². The topological polar surface area (TPSA) is 64.4 Å². The van der Waals surface area contributed by atoms with E-state index in [0.29, 0.717) is 33.5 Å². The first-order valence-corrected chi connectivity index (χ1v) is 9.28. The molecule has 3 aromatic carbocycles. The zero-order valence-electron chi connectivity index (χ0n) is 15.6. The summed E-state index contributed by atoms with van der Waals surface area (Å²) < 4.78 is 11.2. The number of oxazole rings is 1. The maximum absolute atomic E-state index is 12.8. The number of ether oxygens (including phenoxy) is 1. The molecule has 0 atom stereocenters. The fraction of sp³-hybridized carbons (Fsp3) is 0.0435. The van der Waals surface area contributed by atoms with Crippen molar-refractivity contribution in [2.45, 2.75) is 0 Å². The van der Waals surface area contributed by atoms with E-state index in [1.165, 1.54) is 0 Å². The van der Waals surface area contributed by atoms with Crippen LogP contribution in [0.15, 0.2) is 83.4 Å². The summed E-state index contributed by atoms with van der Waals surface area (Å²) in [5.41, 5.74) is 2.50. The third-order valence-corrected chi connectivity index (χ3v) is 4.58. The highest BCUT2D eigenvalue weighted by atomic mass is 35.5. The molecule has 1 aromatic heterocycles. The van der Waals surface area contributed by atoms with E-state index >= 15 is 0 Å². The first kappa shape index (κ1) is 18.8. The molecule has 1 N–H and O–H groups in total. The second-order valence-corrected chi connectivity index (χ2v) is 6.71. The number of rotatable bonds is 5. The fourth-order valence-corrected chi connectivity index (χ4v) is 3.13. The van der Waals surface area contributed by atoms with Crippen molar-refractivity contribution in [3.05, 3.63) is 89.6 Å². The van der Waals surface area contributed by atoms with Crippen molar-refractivity contribution in [1.82, 2.24) is 4.98 Å². The Hall–Kier alpha value is -3.57. The molecule has 1 heterocycles. The minimum atomic E-state index is -0.274. The van der Waals surface area contributed by atoms with Crippen LogP contribution in [0.3, 0.4) is 0 Å². The molecule has 0 aliphatic carbocycles. The van der Waals surface area contributed by atoms with Gasteiger partial charge in [0.05, 0.1) is 18.9 Å². The normalized spacial score (nSPS) is 10.6. The predicted molar refractivity (Wildman–Crippen MR) is 113 cm³/mol. The van der Waals surface area contributed by atoms with Gasteiger partial charge < -0.3 is 14.5 Å². The van der Waals surface area contributed by atoms with Gasteiger partial charge in [0.1, 0.15) is 5.75 Å². The smallest absolute Gasteiger partial charge is 0.256 e. The largest absolute Gasteiger partial charge is 0.497 e. The third-order valence-electron chi connectivity index (χ3n) is 4.34. The van der Waals surface area contributed by atoms with Crippen LogP contribution in [-0.4, -0.2) is 18.0 Å². The molecule has 0 fully saturated rings. The molecule has 4 rings (SSSR count). The number of nitrogens with zero attached hydrogens (tertiary/aromatic N) is 1. The summed E-state index contributed by atoms with van der Waals surface area (Å²) in [5, 5.41) is 3.40. The average molecular weight is 405 g/mol. The molecule has 0 bridgehead atoms. The molecule has 0 aliphatic rings. The van der Waals surface area contributed by atoms with Gasteiger partial charge in [-0.15, -0.1) is 0 Å². The summed E-state index contributed by atoms with van der Waals surface area (Å²) in [4.78, 5) is 17.2. The number of anilines is 1. The second kappa shape index (κ2) is 8.20. The summed E-state index contributed by atoms with van der Waals surface area (Å²) in [5.74, 6) is 1.40. The van der Waals surface area contributed by atoms with Crippen LogP contribution in [0.4, 0.5) is 5.69 Å². The highest BCUT2D eigenvalue weighted by molar-refractivity contribution is 6.31. The lowest BCUT2D eigenvalue weighted by Crippen LogP contribution is -2.13.